The third kappa shape index (κ3) is 11.3. The highest BCUT2D eigenvalue weighted by Gasteiger charge is 2.62. The number of hydrogen-bond acceptors (Lipinski definition) is 22. The molecule has 2 aliphatic rings. The fourth-order valence-electron chi connectivity index (χ4n) is 1.67. The molecule has 2 saturated heterocycles. The van der Waals surface area contributed by atoms with Gasteiger partial charge in [-0.05, 0) is 0 Å². The Bertz CT molecular complexity index is 1120. The highest BCUT2D eigenvalue weighted by Crippen LogP contribution is 2.21. The van der Waals surface area contributed by atoms with Crippen LogP contribution in [0, 0.1) is 60.7 Å². The van der Waals surface area contributed by atoms with E-state index in [9.17, 15) is 73.3 Å². The second-order valence-corrected chi connectivity index (χ2v) is 11.3. The van der Waals surface area contributed by atoms with Gasteiger partial charge in [0, 0.05) is 21.4 Å². The Morgan fingerprint density at radius 2 is 1.00 bits per heavy atom. The van der Waals surface area contributed by atoms with Gasteiger partial charge in [0.15, 0.2) is 13.2 Å². The van der Waals surface area contributed by atoms with Crippen molar-refractivity contribution in [1.29, 1.82) is 0 Å². The lowest BCUT2D eigenvalue weighted by Gasteiger charge is -2.20. The van der Waals surface area contributed by atoms with Gasteiger partial charge in [0.25, 0.3) is 0 Å². The molecular weight excluding hydrogens is 711 g/mol. The summed E-state index contributed by atoms with van der Waals surface area (Å²) in [6.45, 7) is -6.73. The van der Waals surface area contributed by atoms with Gasteiger partial charge in [0.1, 0.15) is 29.5 Å². The zero-order chi connectivity index (χ0) is 33.7. The first kappa shape index (κ1) is 41.1. The average Bonchev–Trinajstić information content (AvgIpc) is 2.85. The van der Waals surface area contributed by atoms with E-state index in [0.29, 0.717) is 0 Å². The highest BCUT2D eigenvalue weighted by molar-refractivity contribution is 8.26. The van der Waals surface area contributed by atoms with E-state index in [1.807, 2.05) is 0 Å². The van der Waals surface area contributed by atoms with Crippen LogP contribution in [0.4, 0.5) is 0 Å². The van der Waals surface area contributed by atoms with Crippen LogP contribution in [-0.4, -0.2) is 113 Å². The molecule has 2 N–H and O–H groups in total. The molecule has 2 heterocycles. The van der Waals surface area contributed by atoms with E-state index in [1.165, 1.54) is 0 Å². The van der Waals surface area contributed by atoms with E-state index in [0.717, 1.165) is 0 Å². The Labute approximate surface area is 242 Å². The zero-order valence-electron chi connectivity index (χ0n) is 19.5. The Hall–Kier alpha value is -3.01. The molecule has 0 aromatic rings. The molecule has 2 fully saturated rings. The lowest BCUT2D eigenvalue weighted by Crippen LogP contribution is -2.57. The van der Waals surface area contributed by atoms with Crippen LogP contribution in [0.2, 0.25) is 0 Å². The lowest BCUT2D eigenvalue weighted by molar-refractivity contribution is -0.800. The fraction of sp³-hybridized carbons (Fsp3) is 1.00. The van der Waals surface area contributed by atoms with Crippen molar-refractivity contribution in [2.75, 3.05) is 39.6 Å². The second-order valence-electron chi connectivity index (χ2n) is 6.65. The minimum atomic E-state index is -4.33. The molecule has 2 aliphatic heterocycles. The number of nitrogens with zero attached hydrogens (tertiary/aromatic N) is 6. The number of nitro groups is 6. The van der Waals surface area contributed by atoms with Gasteiger partial charge in [0.2, 0.25) is 35.7 Å². The fourth-order valence-corrected chi connectivity index (χ4v) is 3.04. The number of aliphatic hydroxyl groups is 2. The van der Waals surface area contributed by atoms with Gasteiger partial charge in [0.05, 0.1) is 0 Å². The molecule has 0 atom stereocenters. The van der Waals surface area contributed by atoms with Crippen molar-refractivity contribution in [3.63, 3.8) is 0 Å². The Balaban J connectivity index is 0. The molecule has 244 valence electrons. The van der Waals surface area contributed by atoms with Crippen LogP contribution < -0.4 is 0 Å². The third-order valence-corrected chi connectivity index (χ3v) is 5.62. The molecule has 33 heteroatoms. The smallest absolute Gasteiger partial charge is 0.382 e. The van der Waals surface area contributed by atoms with Crippen molar-refractivity contribution < 1.29 is 73.3 Å². The van der Waals surface area contributed by atoms with Crippen molar-refractivity contribution in [2.24, 2.45) is 0 Å². The van der Waals surface area contributed by atoms with Crippen LogP contribution in [0.25, 0.3) is 0 Å². The summed E-state index contributed by atoms with van der Waals surface area (Å²) in [4.78, 5) is 53.9. The monoisotopic (exact) mass is 724 g/mol. The summed E-state index contributed by atoms with van der Waals surface area (Å²) in [6.07, 6.45) is 0. The van der Waals surface area contributed by atoms with Crippen LogP contribution in [0.3, 0.4) is 0 Å². The van der Waals surface area contributed by atoms with Gasteiger partial charge in [-0.15, -0.1) is 0 Å². The third-order valence-electron chi connectivity index (χ3n) is 4.19. The molecule has 2 rings (SSSR count). The number of halogens is 2. The molecule has 0 amide bonds. The van der Waals surface area contributed by atoms with Gasteiger partial charge in [-0.1, -0.05) is 0 Å². The topological polar surface area (TPSA) is 404 Å². The summed E-state index contributed by atoms with van der Waals surface area (Å²) in [5.74, 6) is 0. The summed E-state index contributed by atoms with van der Waals surface area (Å²) in [5.41, 5.74) is -8.14. The van der Waals surface area contributed by atoms with Crippen LogP contribution in [0.15, 0.2) is 0 Å². The van der Waals surface area contributed by atoms with E-state index in [-0.39, 0.29) is 0 Å². The van der Waals surface area contributed by atoms with Crippen molar-refractivity contribution >= 4 is 52.4 Å². The Morgan fingerprint density at radius 3 is 1.19 bits per heavy atom. The molecule has 0 spiro atoms. The lowest BCUT2D eigenvalue weighted by atomic mass is 10.2. The zero-order valence-corrected chi connectivity index (χ0v) is 23.4. The van der Waals surface area contributed by atoms with Crippen LogP contribution in [0.5, 0.6) is 0 Å². The van der Waals surface area contributed by atoms with Crippen LogP contribution >= 0.6 is 21.4 Å². The van der Waals surface area contributed by atoms with Crippen molar-refractivity contribution in [1.82, 2.24) is 0 Å². The van der Waals surface area contributed by atoms with Gasteiger partial charge in [-0.3, -0.25) is 69.1 Å². The largest absolute Gasteiger partial charge is 0.506 e. The summed E-state index contributed by atoms with van der Waals surface area (Å²) in [7, 11) is 3.03. The normalized spacial score (nSPS) is 18.7. The van der Waals surface area contributed by atoms with Crippen molar-refractivity contribution in [2.45, 2.75) is 17.0 Å². The summed E-state index contributed by atoms with van der Waals surface area (Å²) < 4.78 is 56.6. The van der Waals surface area contributed by atoms with Crippen LogP contribution in [0.1, 0.15) is 0 Å². The number of aliphatic hydroxyl groups excluding tert-OH is 2. The first-order chi connectivity index (χ1) is 19.0. The molecule has 0 radical (unpaired) electrons. The van der Waals surface area contributed by atoms with Gasteiger partial charge < -0.3 is 10.2 Å². The highest BCUT2D eigenvalue weighted by atomic mass is 36.0. The van der Waals surface area contributed by atoms with Crippen molar-refractivity contribution in [3.8, 4) is 0 Å². The predicted octanol–water partition coefficient (Wildman–Crippen LogP) is -3.35. The predicted molar refractivity (Wildman–Crippen MR) is 125 cm³/mol. The minimum absolute atomic E-state index is 0.861. The van der Waals surface area contributed by atoms with Crippen molar-refractivity contribution in [3.05, 3.63) is 60.7 Å². The first-order valence-electron chi connectivity index (χ1n) is 9.08. The molecule has 28 nitrogen and oxygen atoms in total. The Morgan fingerprint density at radius 1 is 0.738 bits per heavy atom. The minimum Gasteiger partial charge on any atom is -0.382 e. The first-order valence-corrected chi connectivity index (χ1v) is 14.2. The van der Waals surface area contributed by atoms with Gasteiger partial charge in [-0.25, -0.2) is 12.6 Å². The van der Waals surface area contributed by atoms with E-state index in [4.69, 9.17) is 14.4 Å². The quantitative estimate of drug-likeness (QED) is 0.107. The maximum atomic E-state index is 10.5. The Kier molecular flexibility index (Phi) is 16.8. The standard InChI is InChI=1S/C3H4N2O8S.C3H4N2O7S.C3H6N2O6.Cl2OS/c6-4(7)3(5(8)9)1-12-14(10,11)13-2-3;6-4(7)3(5(8)9)1-11-13(10)12-2-3;6-1-3(2-7,4(8)9)5(10)11;1-4(2)3/h1-2H2;1-2H2;6-7H,1-2H2;. The molecule has 0 aromatic carbocycles. The maximum Gasteiger partial charge on any atom is 0.506 e. The maximum absolute atomic E-state index is 10.5. The molecule has 0 saturated carbocycles. The molecule has 0 bridgehead atoms. The summed E-state index contributed by atoms with van der Waals surface area (Å²) in [5, 5.41) is 77.8. The van der Waals surface area contributed by atoms with E-state index in [1.54, 1.807) is 0 Å². The van der Waals surface area contributed by atoms with E-state index in [2.05, 4.69) is 38.1 Å². The molecule has 42 heavy (non-hydrogen) atoms. The van der Waals surface area contributed by atoms with Crippen LogP contribution in [-0.2, 0) is 47.7 Å². The molecule has 0 aromatic heterocycles. The molecular formula is C9H14Cl2N6O22S3. The van der Waals surface area contributed by atoms with E-state index < -0.39 is 117 Å². The SMILES string of the molecule is O=S(Cl)Cl.O=[N+]([O-])C(CO)(CO)[N+](=O)[O-].O=[N+]([O-])C1([N+](=O)[O-])COS(=O)(=O)OC1.O=[N+]([O-])C1([N+](=O)[O-])COS(=O)OC1. The molecule has 0 aliphatic carbocycles. The second kappa shape index (κ2) is 17.2. The van der Waals surface area contributed by atoms with Gasteiger partial charge >= 0.3 is 38.7 Å². The average molecular weight is 725 g/mol. The number of rotatable bonds is 8. The molecule has 0 unspecified atom stereocenters. The number of hydrogen-bond donors (Lipinski definition) is 2. The summed E-state index contributed by atoms with van der Waals surface area (Å²) in [6, 6.07) is 0. The van der Waals surface area contributed by atoms with Gasteiger partial charge in [-0.2, -0.15) is 12.6 Å². The summed E-state index contributed by atoms with van der Waals surface area (Å²) >= 11 is -2.13. The van der Waals surface area contributed by atoms with E-state index >= 15 is 0 Å².